The Morgan fingerprint density at radius 2 is 2.04 bits per heavy atom. The van der Waals surface area contributed by atoms with E-state index in [1.807, 2.05) is 47.8 Å². The van der Waals surface area contributed by atoms with Crippen molar-refractivity contribution in [1.29, 1.82) is 0 Å². The number of hydrogen-bond donors (Lipinski definition) is 1. The summed E-state index contributed by atoms with van der Waals surface area (Å²) in [7, 11) is 0. The Bertz CT molecular complexity index is 1090. The Morgan fingerprint density at radius 3 is 2.77 bits per heavy atom. The minimum atomic E-state index is -1.05. The predicted octanol–water partition coefficient (Wildman–Crippen LogP) is 4.99. The van der Waals surface area contributed by atoms with E-state index in [4.69, 9.17) is 21.4 Å². The summed E-state index contributed by atoms with van der Waals surface area (Å²) < 4.78 is 7.53. The fourth-order valence-corrected chi connectivity index (χ4v) is 3.76. The first-order chi connectivity index (χ1) is 12.6. The van der Waals surface area contributed by atoms with Gasteiger partial charge in [0.25, 0.3) is 0 Å². The molecule has 0 saturated heterocycles. The molecule has 1 N–H and O–H groups in total. The Morgan fingerprint density at radius 1 is 1.23 bits per heavy atom. The van der Waals surface area contributed by atoms with E-state index < -0.39 is 5.97 Å². The van der Waals surface area contributed by atoms with Crippen LogP contribution in [0.4, 0.5) is 0 Å². The van der Waals surface area contributed by atoms with E-state index in [1.54, 1.807) is 10.5 Å². The van der Waals surface area contributed by atoms with E-state index in [0.717, 1.165) is 16.8 Å². The van der Waals surface area contributed by atoms with Gasteiger partial charge in [0.05, 0.1) is 10.7 Å². The van der Waals surface area contributed by atoms with E-state index in [0.29, 0.717) is 22.3 Å². The average molecular weight is 385 g/mol. The van der Waals surface area contributed by atoms with Gasteiger partial charge in [-0.3, -0.25) is 4.40 Å². The van der Waals surface area contributed by atoms with Crippen LogP contribution < -0.4 is 4.74 Å². The van der Waals surface area contributed by atoms with Crippen LogP contribution in [-0.2, 0) is 6.61 Å². The van der Waals surface area contributed by atoms with Crippen LogP contribution in [0.25, 0.3) is 16.2 Å². The topological polar surface area (TPSA) is 63.8 Å². The number of aromatic nitrogens is 2. The van der Waals surface area contributed by atoms with Gasteiger partial charge in [-0.2, -0.15) is 0 Å². The maximum atomic E-state index is 11.1. The zero-order chi connectivity index (χ0) is 18.1. The molecule has 130 valence electrons. The van der Waals surface area contributed by atoms with Crippen LogP contribution in [0.5, 0.6) is 5.75 Å². The molecule has 2 aromatic carbocycles. The summed E-state index contributed by atoms with van der Waals surface area (Å²) in [6, 6.07) is 15.4. The number of rotatable bonds is 5. The smallest absolute Gasteiger partial charge is 0.356 e. The van der Waals surface area contributed by atoms with Gasteiger partial charge in [-0.15, -0.1) is 11.3 Å². The number of ether oxygens (including phenoxy) is 1. The zero-order valence-electron chi connectivity index (χ0n) is 13.4. The van der Waals surface area contributed by atoms with Crippen molar-refractivity contribution in [3.63, 3.8) is 0 Å². The van der Waals surface area contributed by atoms with Crippen LogP contribution in [0.2, 0.25) is 5.02 Å². The number of hydrogen-bond acceptors (Lipinski definition) is 4. The Hall–Kier alpha value is -2.83. The van der Waals surface area contributed by atoms with Crippen LogP contribution in [0, 0.1) is 0 Å². The summed E-state index contributed by atoms with van der Waals surface area (Å²) in [6.45, 7) is 0.461. The van der Waals surface area contributed by atoms with Crippen LogP contribution in [-0.4, -0.2) is 20.5 Å². The van der Waals surface area contributed by atoms with Gasteiger partial charge in [-0.05, 0) is 23.8 Å². The number of nitrogens with zero attached hydrogens (tertiary/aromatic N) is 2. The third-order valence-corrected chi connectivity index (χ3v) is 5.05. The lowest BCUT2D eigenvalue weighted by atomic mass is 10.1. The SMILES string of the molecule is O=C(O)c1cn2c(-c3ccc(OCc4ccccc4)cc3Cl)csc2n1. The Balaban J connectivity index is 1.61. The summed E-state index contributed by atoms with van der Waals surface area (Å²) in [5.41, 5.74) is 2.67. The molecule has 0 saturated carbocycles. The summed E-state index contributed by atoms with van der Waals surface area (Å²) in [6.07, 6.45) is 1.50. The lowest BCUT2D eigenvalue weighted by Crippen LogP contribution is -1.96. The lowest BCUT2D eigenvalue weighted by Gasteiger charge is -2.09. The van der Waals surface area contributed by atoms with Crippen molar-refractivity contribution < 1.29 is 14.6 Å². The van der Waals surface area contributed by atoms with Crippen LogP contribution in [0.3, 0.4) is 0 Å². The second kappa shape index (κ2) is 6.82. The molecule has 26 heavy (non-hydrogen) atoms. The largest absolute Gasteiger partial charge is 0.489 e. The van der Waals surface area contributed by atoms with Gasteiger partial charge < -0.3 is 9.84 Å². The summed E-state index contributed by atoms with van der Waals surface area (Å²) in [4.78, 5) is 15.8. The average Bonchev–Trinajstić information content (AvgIpc) is 3.22. The van der Waals surface area contributed by atoms with Crippen LogP contribution in [0.1, 0.15) is 16.1 Å². The molecule has 0 atom stereocenters. The third kappa shape index (κ3) is 3.16. The standard InChI is InChI=1S/C19H13ClN2O3S/c20-15-8-13(25-10-12-4-2-1-3-5-12)6-7-14(15)17-11-26-19-21-16(18(23)24)9-22(17)19/h1-9,11H,10H2,(H,23,24). The maximum absolute atomic E-state index is 11.1. The molecular weight excluding hydrogens is 372 g/mol. The lowest BCUT2D eigenvalue weighted by molar-refractivity contribution is 0.0691. The highest BCUT2D eigenvalue weighted by atomic mass is 35.5. The van der Waals surface area contributed by atoms with Gasteiger partial charge in [-0.1, -0.05) is 41.9 Å². The first-order valence-corrected chi connectivity index (χ1v) is 9.04. The number of halogens is 1. The van der Waals surface area contributed by atoms with E-state index >= 15 is 0 Å². The summed E-state index contributed by atoms with van der Waals surface area (Å²) >= 11 is 7.81. The highest BCUT2D eigenvalue weighted by Crippen LogP contribution is 2.34. The minimum absolute atomic E-state index is 0.0111. The molecule has 2 aromatic heterocycles. The molecule has 0 amide bonds. The fraction of sp³-hybridized carbons (Fsp3) is 0.0526. The van der Waals surface area contributed by atoms with Crippen molar-refractivity contribution in [3.8, 4) is 17.0 Å². The Labute approximate surface area is 158 Å². The first kappa shape index (κ1) is 16.6. The molecule has 0 fully saturated rings. The number of carboxylic acid groups (broad SMARTS) is 1. The molecule has 7 heteroatoms. The second-order valence-corrected chi connectivity index (χ2v) is 6.86. The first-order valence-electron chi connectivity index (χ1n) is 7.78. The molecule has 5 nitrogen and oxygen atoms in total. The van der Waals surface area contributed by atoms with Crippen molar-refractivity contribution in [3.05, 3.63) is 76.4 Å². The van der Waals surface area contributed by atoms with Crippen molar-refractivity contribution in [2.45, 2.75) is 6.61 Å². The maximum Gasteiger partial charge on any atom is 0.356 e. The molecule has 4 aromatic rings. The van der Waals surface area contributed by atoms with Crippen molar-refractivity contribution in [2.24, 2.45) is 0 Å². The van der Waals surface area contributed by atoms with Crippen molar-refractivity contribution in [2.75, 3.05) is 0 Å². The molecule has 0 aliphatic carbocycles. The molecule has 0 spiro atoms. The van der Waals surface area contributed by atoms with Crippen LogP contribution in [0.15, 0.2) is 60.1 Å². The van der Waals surface area contributed by atoms with Gasteiger partial charge in [0, 0.05) is 17.1 Å². The number of benzene rings is 2. The number of thiazole rings is 1. The van der Waals surface area contributed by atoms with E-state index in [-0.39, 0.29) is 5.69 Å². The van der Waals surface area contributed by atoms with Crippen molar-refractivity contribution >= 4 is 33.9 Å². The van der Waals surface area contributed by atoms with Crippen LogP contribution >= 0.6 is 22.9 Å². The van der Waals surface area contributed by atoms with Gasteiger partial charge in [0.15, 0.2) is 10.7 Å². The van der Waals surface area contributed by atoms with E-state index in [1.165, 1.54) is 17.5 Å². The van der Waals surface area contributed by atoms with E-state index in [9.17, 15) is 4.79 Å². The molecule has 0 aliphatic heterocycles. The van der Waals surface area contributed by atoms with E-state index in [2.05, 4.69) is 4.98 Å². The number of aromatic carboxylic acids is 1. The second-order valence-electron chi connectivity index (χ2n) is 5.62. The van der Waals surface area contributed by atoms with Gasteiger partial charge in [0.2, 0.25) is 0 Å². The van der Waals surface area contributed by atoms with Gasteiger partial charge >= 0.3 is 5.97 Å². The molecule has 0 aliphatic rings. The molecule has 2 heterocycles. The highest BCUT2D eigenvalue weighted by molar-refractivity contribution is 7.15. The fourth-order valence-electron chi connectivity index (χ4n) is 2.61. The molecule has 4 rings (SSSR count). The number of imidazole rings is 1. The third-order valence-electron chi connectivity index (χ3n) is 3.89. The van der Waals surface area contributed by atoms with Gasteiger partial charge in [-0.25, -0.2) is 9.78 Å². The number of fused-ring (bicyclic) bond motifs is 1. The Kier molecular flexibility index (Phi) is 4.36. The molecule has 0 radical (unpaired) electrons. The zero-order valence-corrected chi connectivity index (χ0v) is 15.0. The number of carboxylic acids is 1. The van der Waals surface area contributed by atoms with Crippen molar-refractivity contribution in [1.82, 2.24) is 9.38 Å². The monoisotopic (exact) mass is 384 g/mol. The molecule has 0 bridgehead atoms. The molecule has 0 unspecified atom stereocenters. The molecular formula is C19H13ClN2O3S. The van der Waals surface area contributed by atoms with Gasteiger partial charge in [0.1, 0.15) is 12.4 Å². The quantitative estimate of drug-likeness (QED) is 0.526. The minimum Gasteiger partial charge on any atom is -0.489 e. The highest BCUT2D eigenvalue weighted by Gasteiger charge is 2.15. The predicted molar refractivity (Wildman–Crippen MR) is 101 cm³/mol. The summed E-state index contributed by atoms with van der Waals surface area (Å²) in [5.74, 6) is -0.381. The normalized spacial score (nSPS) is 11.0. The number of carbonyl (C=O) groups is 1. The summed E-state index contributed by atoms with van der Waals surface area (Å²) in [5, 5.41) is 11.5.